The highest BCUT2D eigenvalue weighted by atomic mass is 16.5. The number of fused-ring (bicyclic) bond motifs is 1. The number of aromatic amines is 1. The molecule has 0 unspecified atom stereocenters. The first kappa shape index (κ1) is 15.9. The summed E-state index contributed by atoms with van der Waals surface area (Å²) in [7, 11) is 0. The van der Waals surface area contributed by atoms with Crippen LogP contribution < -0.4 is 5.69 Å². The molecule has 4 rings (SSSR count). The lowest BCUT2D eigenvalue weighted by Crippen LogP contribution is -2.43. The lowest BCUT2D eigenvalue weighted by atomic mass is 9.81. The van der Waals surface area contributed by atoms with Gasteiger partial charge in [0.15, 0.2) is 0 Å². The van der Waals surface area contributed by atoms with E-state index in [9.17, 15) is 4.79 Å². The first-order valence-electron chi connectivity index (χ1n) is 9.27. The van der Waals surface area contributed by atoms with Crippen LogP contribution in [0.3, 0.4) is 0 Å². The standard InChI is InChI=1S/C19H27N3O2/c1-2-24-16-11-14(12-16)13-21-9-7-15(8-10-21)22-18-6-4-3-5-17(18)20-19(22)23/h3-6,14-16H,2,7-13H2,1H3,(H,20,23). The maximum atomic E-state index is 12.3. The van der Waals surface area contributed by atoms with Crippen LogP contribution in [0.4, 0.5) is 0 Å². The highest BCUT2D eigenvalue weighted by Gasteiger charge is 2.32. The van der Waals surface area contributed by atoms with Gasteiger partial charge in [-0.15, -0.1) is 0 Å². The predicted molar refractivity (Wildman–Crippen MR) is 95.4 cm³/mol. The monoisotopic (exact) mass is 329 g/mol. The van der Waals surface area contributed by atoms with Crippen molar-refractivity contribution in [3.05, 3.63) is 34.7 Å². The normalized spacial score (nSPS) is 25.9. The number of nitrogens with one attached hydrogen (secondary N) is 1. The zero-order chi connectivity index (χ0) is 16.5. The summed E-state index contributed by atoms with van der Waals surface area (Å²) >= 11 is 0. The van der Waals surface area contributed by atoms with Gasteiger partial charge in [0.25, 0.3) is 0 Å². The van der Waals surface area contributed by atoms with E-state index >= 15 is 0 Å². The smallest absolute Gasteiger partial charge is 0.326 e. The molecule has 24 heavy (non-hydrogen) atoms. The molecule has 0 radical (unpaired) electrons. The third-order valence-electron chi connectivity index (χ3n) is 5.66. The van der Waals surface area contributed by atoms with Crippen LogP contribution in [-0.4, -0.2) is 46.8 Å². The number of para-hydroxylation sites is 2. The molecule has 0 spiro atoms. The summed E-state index contributed by atoms with van der Waals surface area (Å²) in [6.45, 7) is 6.28. The van der Waals surface area contributed by atoms with Crippen LogP contribution in [0.2, 0.25) is 0 Å². The van der Waals surface area contributed by atoms with E-state index in [4.69, 9.17) is 4.74 Å². The summed E-state index contributed by atoms with van der Waals surface area (Å²) in [5, 5.41) is 0. The molecule has 1 saturated carbocycles. The summed E-state index contributed by atoms with van der Waals surface area (Å²) in [6.07, 6.45) is 5.06. The number of hydrogen-bond acceptors (Lipinski definition) is 3. The Morgan fingerprint density at radius 1 is 1.21 bits per heavy atom. The van der Waals surface area contributed by atoms with E-state index < -0.39 is 0 Å². The number of ether oxygens (including phenoxy) is 1. The second-order valence-electron chi connectivity index (χ2n) is 7.26. The molecular formula is C19H27N3O2. The van der Waals surface area contributed by atoms with Crippen LogP contribution in [0.15, 0.2) is 29.1 Å². The van der Waals surface area contributed by atoms with Crippen molar-refractivity contribution < 1.29 is 4.74 Å². The SMILES string of the molecule is CCOC1CC(CN2CCC(n3c(=O)[nH]c4ccccc43)CC2)C1. The zero-order valence-electron chi connectivity index (χ0n) is 14.4. The van der Waals surface area contributed by atoms with Gasteiger partial charge < -0.3 is 14.6 Å². The lowest BCUT2D eigenvalue weighted by Gasteiger charge is -2.40. The fourth-order valence-electron chi connectivity index (χ4n) is 4.36. The number of H-pyrrole nitrogens is 1. The Morgan fingerprint density at radius 3 is 2.71 bits per heavy atom. The first-order chi connectivity index (χ1) is 11.7. The highest BCUT2D eigenvalue weighted by Crippen LogP contribution is 2.32. The van der Waals surface area contributed by atoms with Crippen LogP contribution in [0, 0.1) is 5.92 Å². The summed E-state index contributed by atoms with van der Waals surface area (Å²) in [6, 6.07) is 8.32. The molecule has 1 aromatic carbocycles. The minimum absolute atomic E-state index is 0.0354. The van der Waals surface area contributed by atoms with Crippen molar-refractivity contribution >= 4 is 11.0 Å². The number of piperidine rings is 1. The van der Waals surface area contributed by atoms with Crippen LogP contribution >= 0.6 is 0 Å². The fraction of sp³-hybridized carbons (Fsp3) is 0.632. The Morgan fingerprint density at radius 2 is 1.96 bits per heavy atom. The lowest BCUT2D eigenvalue weighted by molar-refractivity contribution is -0.0356. The van der Waals surface area contributed by atoms with Crippen molar-refractivity contribution in [1.29, 1.82) is 0 Å². The molecule has 1 aliphatic heterocycles. The molecule has 130 valence electrons. The fourth-order valence-corrected chi connectivity index (χ4v) is 4.36. The number of likely N-dealkylation sites (tertiary alicyclic amines) is 1. The minimum Gasteiger partial charge on any atom is -0.378 e. The molecular weight excluding hydrogens is 302 g/mol. The largest absolute Gasteiger partial charge is 0.378 e. The average Bonchev–Trinajstić information content (AvgIpc) is 2.89. The number of benzene rings is 1. The third-order valence-corrected chi connectivity index (χ3v) is 5.66. The van der Waals surface area contributed by atoms with Crippen LogP contribution in [0.1, 0.15) is 38.6 Å². The van der Waals surface area contributed by atoms with Crippen molar-refractivity contribution in [3.63, 3.8) is 0 Å². The Hall–Kier alpha value is -1.59. The Bertz CT molecular complexity index is 736. The summed E-state index contributed by atoms with van der Waals surface area (Å²) < 4.78 is 7.63. The first-order valence-corrected chi connectivity index (χ1v) is 9.27. The van der Waals surface area contributed by atoms with E-state index in [1.807, 2.05) is 28.8 Å². The maximum Gasteiger partial charge on any atom is 0.326 e. The minimum atomic E-state index is 0.0354. The van der Waals surface area contributed by atoms with E-state index in [0.717, 1.165) is 49.5 Å². The highest BCUT2D eigenvalue weighted by molar-refractivity contribution is 5.75. The van der Waals surface area contributed by atoms with Crippen LogP contribution in [0.5, 0.6) is 0 Å². The molecule has 0 amide bonds. The Balaban J connectivity index is 1.35. The quantitative estimate of drug-likeness (QED) is 0.918. The molecule has 0 atom stereocenters. The predicted octanol–water partition coefficient (Wildman–Crippen LogP) is 2.78. The summed E-state index contributed by atoms with van der Waals surface area (Å²) in [5.74, 6) is 0.800. The van der Waals surface area contributed by atoms with E-state index in [-0.39, 0.29) is 5.69 Å². The molecule has 2 fully saturated rings. The van der Waals surface area contributed by atoms with Gasteiger partial charge in [-0.2, -0.15) is 0 Å². The molecule has 5 heteroatoms. The van der Waals surface area contributed by atoms with E-state index in [2.05, 4.69) is 16.8 Å². The second-order valence-corrected chi connectivity index (χ2v) is 7.26. The Labute approximate surface area is 142 Å². The zero-order valence-corrected chi connectivity index (χ0v) is 14.4. The van der Waals surface area contributed by atoms with Crippen molar-refractivity contribution in [1.82, 2.24) is 14.5 Å². The number of nitrogens with zero attached hydrogens (tertiary/aromatic N) is 2. The van der Waals surface area contributed by atoms with Gasteiger partial charge in [-0.25, -0.2) is 4.79 Å². The summed E-state index contributed by atoms with van der Waals surface area (Å²) in [5.41, 5.74) is 2.02. The molecule has 1 aromatic heterocycles. The van der Waals surface area contributed by atoms with Gasteiger partial charge in [0.05, 0.1) is 17.1 Å². The van der Waals surface area contributed by atoms with Gasteiger partial charge in [-0.1, -0.05) is 12.1 Å². The number of hydrogen-bond donors (Lipinski definition) is 1. The van der Waals surface area contributed by atoms with E-state index in [1.54, 1.807) is 0 Å². The van der Waals surface area contributed by atoms with Gasteiger partial charge in [0, 0.05) is 32.3 Å². The van der Waals surface area contributed by atoms with Crippen LogP contribution in [-0.2, 0) is 4.74 Å². The van der Waals surface area contributed by atoms with Gasteiger partial charge >= 0.3 is 5.69 Å². The van der Waals surface area contributed by atoms with Crippen molar-refractivity contribution in [3.8, 4) is 0 Å². The van der Waals surface area contributed by atoms with Gasteiger partial charge in [-0.3, -0.25) is 4.57 Å². The molecule has 1 saturated heterocycles. The number of rotatable bonds is 5. The average molecular weight is 329 g/mol. The van der Waals surface area contributed by atoms with E-state index in [1.165, 1.54) is 19.4 Å². The molecule has 1 aliphatic carbocycles. The molecule has 2 heterocycles. The van der Waals surface area contributed by atoms with Crippen LogP contribution in [0.25, 0.3) is 11.0 Å². The second kappa shape index (κ2) is 6.73. The number of aromatic nitrogens is 2. The Kier molecular flexibility index (Phi) is 4.46. The van der Waals surface area contributed by atoms with Gasteiger partial charge in [0.1, 0.15) is 0 Å². The third kappa shape index (κ3) is 3.03. The molecule has 1 N–H and O–H groups in total. The molecule has 2 aromatic rings. The van der Waals surface area contributed by atoms with Crippen molar-refractivity contribution in [2.24, 2.45) is 5.92 Å². The topological polar surface area (TPSA) is 50.3 Å². The van der Waals surface area contributed by atoms with Gasteiger partial charge in [-0.05, 0) is 50.7 Å². The van der Waals surface area contributed by atoms with Crippen molar-refractivity contribution in [2.75, 3.05) is 26.2 Å². The van der Waals surface area contributed by atoms with Gasteiger partial charge in [0.2, 0.25) is 0 Å². The maximum absolute atomic E-state index is 12.3. The number of imidazole rings is 1. The molecule has 0 bridgehead atoms. The van der Waals surface area contributed by atoms with Crippen molar-refractivity contribution in [2.45, 2.75) is 44.8 Å². The van der Waals surface area contributed by atoms with E-state index in [0.29, 0.717) is 12.1 Å². The molecule has 5 nitrogen and oxygen atoms in total. The molecule has 2 aliphatic rings. The summed E-state index contributed by atoms with van der Waals surface area (Å²) in [4.78, 5) is 17.9.